The Labute approximate surface area is 134 Å². The first-order valence-corrected chi connectivity index (χ1v) is 8.85. The van der Waals surface area contributed by atoms with Crippen molar-refractivity contribution in [2.75, 3.05) is 32.6 Å². The Balaban J connectivity index is 2.04. The van der Waals surface area contributed by atoms with E-state index in [1.165, 1.54) is 29.6 Å². The summed E-state index contributed by atoms with van der Waals surface area (Å²) in [6.45, 7) is 0.0288. The summed E-state index contributed by atoms with van der Waals surface area (Å²) in [5, 5.41) is 9.37. The molecule has 1 N–H and O–H groups in total. The molecule has 6 nitrogen and oxygen atoms in total. The summed E-state index contributed by atoms with van der Waals surface area (Å²) in [4.78, 5) is 11.5. The van der Waals surface area contributed by atoms with Gasteiger partial charge in [-0.2, -0.15) is 0 Å². The van der Waals surface area contributed by atoms with Gasteiger partial charge >= 0.3 is 5.97 Å². The third-order valence-corrected chi connectivity index (χ3v) is 5.94. The monoisotopic (exact) mass is 345 g/mol. The lowest BCUT2D eigenvalue weighted by Gasteiger charge is -2.23. The second-order valence-electron chi connectivity index (χ2n) is 5.80. The van der Waals surface area contributed by atoms with Gasteiger partial charge in [0.15, 0.2) is 0 Å². The number of halogens is 1. The zero-order valence-electron chi connectivity index (χ0n) is 12.9. The zero-order chi connectivity index (χ0) is 17.1. The van der Waals surface area contributed by atoms with Gasteiger partial charge in [-0.05, 0) is 30.5 Å². The molecule has 0 aromatic heterocycles. The van der Waals surface area contributed by atoms with Gasteiger partial charge < -0.3 is 9.84 Å². The van der Waals surface area contributed by atoms with Crippen LogP contribution in [0.5, 0.6) is 0 Å². The van der Waals surface area contributed by atoms with Crippen LogP contribution >= 0.6 is 0 Å². The minimum absolute atomic E-state index is 0.0295. The van der Waals surface area contributed by atoms with Crippen molar-refractivity contribution < 1.29 is 27.4 Å². The SMILES string of the molecule is COCC1(C(=O)O)CCN(S(=O)(=O)CCc2cccc(F)c2)C1. The fourth-order valence-electron chi connectivity index (χ4n) is 2.77. The van der Waals surface area contributed by atoms with E-state index in [1.807, 2.05) is 0 Å². The van der Waals surface area contributed by atoms with Gasteiger partial charge in [0, 0.05) is 20.2 Å². The summed E-state index contributed by atoms with van der Waals surface area (Å²) in [5.74, 6) is -1.65. The van der Waals surface area contributed by atoms with Crippen LogP contribution in [-0.4, -0.2) is 56.4 Å². The molecule has 1 aromatic carbocycles. The largest absolute Gasteiger partial charge is 0.481 e. The molecule has 0 amide bonds. The predicted molar refractivity (Wildman–Crippen MR) is 82.0 cm³/mol. The number of carboxylic acid groups (broad SMARTS) is 1. The second-order valence-corrected chi connectivity index (χ2v) is 7.89. The molecular formula is C15H20FNO5S. The average Bonchev–Trinajstić information content (AvgIpc) is 2.92. The van der Waals surface area contributed by atoms with E-state index < -0.39 is 27.2 Å². The Bertz CT molecular complexity index is 678. The maximum atomic E-state index is 13.1. The van der Waals surface area contributed by atoms with Crippen LogP contribution in [0.1, 0.15) is 12.0 Å². The van der Waals surface area contributed by atoms with E-state index in [4.69, 9.17) is 4.74 Å². The van der Waals surface area contributed by atoms with Crippen molar-refractivity contribution in [3.8, 4) is 0 Å². The topological polar surface area (TPSA) is 83.9 Å². The molecule has 2 rings (SSSR count). The highest BCUT2D eigenvalue weighted by molar-refractivity contribution is 7.89. The van der Waals surface area contributed by atoms with Gasteiger partial charge in [-0.3, -0.25) is 4.79 Å². The van der Waals surface area contributed by atoms with Crippen LogP contribution < -0.4 is 0 Å². The van der Waals surface area contributed by atoms with Crippen molar-refractivity contribution in [1.29, 1.82) is 0 Å². The number of rotatable bonds is 7. The van der Waals surface area contributed by atoms with Gasteiger partial charge in [-0.25, -0.2) is 17.1 Å². The van der Waals surface area contributed by atoms with E-state index in [-0.39, 0.29) is 38.3 Å². The molecule has 1 unspecified atom stereocenters. The Morgan fingerprint density at radius 2 is 2.22 bits per heavy atom. The number of benzene rings is 1. The molecule has 128 valence electrons. The molecule has 0 aliphatic carbocycles. The lowest BCUT2D eigenvalue weighted by atomic mass is 9.88. The summed E-state index contributed by atoms with van der Waals surface area (Å²) in [5.41, 5.74) is -0.602. The Morgan fingerprint density at radius 3 is 2.83 bits per heavy atom. The number of carbonyl (C=O) groups is 1. The molecule has 0 radical (unpaired) electrons. The van der Waals surface area contributed by atoms with E-state index in [1.54, 1.807) is 6.07 Å². The summed E-state index contributed by atoms with van der Waals surface area (Å²) in [6, 6.07) is 5.78. The van der Waals surface area contributed by atoms with Crippen molar-refractivity contribution in [3.63, 3.8) is 0 Å². The molecule has 1 saturated heterocycles. The van der Waals surface area contributed by atoms with Crippen LogP contribution in [-0.2, 0) is 26.0 Å². The molecule has 0 saturated carbocycles. The van der Waals surface area contributed by atoms with Crippen molar-refractivity contribution in [2.24, 2.45) is 5.41 Å². The number of hydrogen-bond acceptors (Lipinski definition) is 4. The Kier molecular flexibility index (Phi) is 5.38. The summed E-state index contributed by atoms with van der Waals surface area (Å²) in [6.07, 6.45) is 0.399. The van der Waals surface area contributed by atoms with Gasteiger partial charge in [0.25, 0.3) is 0 Å². The number of aliphatic carboxylic acids is 1. The quantitative estimate of drug-likeness (QED) is 0.801. The van der Waals surface area contributed by atoms with Crippen molar-refractivity contribution >= 4 is 16.0 Å². The Hall–Kier alpha value is -1.51. The highest BCUT2D eigenvalue weighted by Crippen LogP contribution is 2.33. The van der Waals surface area contributed by atoms with Gasteiger partial charge in [0.05, 0.1) is 12.4 Å². The van der Waals surface area contributed by atoms with E-state index in [9.17, 15) is 22.7 Å². The van der Waals surface area contributed by atoms with E-state index in [2.05, 4.69) is 0 Å². The minimum atomic E-state index is -3.60. The summed E-state index contributed by atoms with van der Waals surface area (Å²) in [7, 11) is -2.21. The molecule has 1 fully saturated rings. The van der Waals surface area contributed by atoms with Crippen LogP contribution in [0.3, 0.4) is 0 Å². The molecular weight excluding hydrogens is 325 g/mol. The molecule has 1 aliphatic rings. The maximum absolute atomic E-state index is 13.1. The minimum Gasteiger partial charge on any atom is -0.481 e. The number of carboxylic acids is 1. The average molecular weight is 345 g/mol. The smallest absolute Gasteiger partial charge is 0.313 e. The molecule has 0 bridgehead atoms. The maximum Gasteiger partial charge on any atom is 0.313 e. The van der Waals surface area contributed by atoms with Crippen LogP contribution in [0.25, 0.3) is 0 Å². The van der Waals surface area contributed by atoms with Gasteiger partial charge in [0.2, 0.25) is 10.0 Å². The molecule has 1 atom stereocenters. The van der Waals surface area contributed by atoms with Crippen LogP contribution in [0, 0.1) is 11.2 Å². The lowest BCUT2D eigenvalue weighted by Crippen LogP contribution is -2.40. The van der Waals surface area contributed by atoms with Gasteiger partial charge in [-0.15, -0.1) is 0 Å². The summed E-state index contributed by atoms with van der Waals surface area (Å²) >= 11 is 0. The summed E-state index contributed by atoms with van der Waals surface area (Å²) < 4.78 is 44.1. The standard InChI is InChI=1S/C15H20FNO5S/c1-22-11-15(14(18)19)6-7-17(10-15)23(20,21)8-5-12-3-2-4-13(16)9-12/h2-4,9H,5-8,10-11H2,1H3,(H,18,19). The first-order chi connectivity index (χ1) is 10.8. The van der Waals surface area contributed by atoms with Crippen molar-refractivity contribution in [3.05, 3.63) is 35.6 Å². The van der Waals surface area contributed by atoms with E-state index >= 15 is 0 Å². The predicted octanol–water partition coefficient (Wildman–Crippen LogP) is 1.12. The van der Waals surface area contributed by atoms with Crippen molar-refractivity contribution in [1.82, 2.24) is 4.31 Å². The normalized spacial score (nSPS) is 22.3. The molecule has 1 heterocycles. The molecule has 23 heavy (non-hydrogen) atoms. The van der Waals surface area contributed by atoms with Crippen LogP contribution in [0.15, 0.2) is 24.3 Å². The number of sulfonamides is 1. The first kappa shape index (κ1) is 17.8. The van der Waals surface area contributed by atoms with Crippen molar-refractivity contribution in [2.45, 2.75) is 12.8 Å². The first-order valence-electron chi connectivity index (χ1n) is 7.24. The molecule has 1 aliphatic heterocycles. The van der Waals surface area contributed by atoms with E-state index in [0.717, 1.165) is 0 Å². The number of ether oxygens (including phenoxy) is 1. The highest BCUT2D eigenvalue weighted by Gasteiger charge is 2.48. The lowest BCUT2D eigenvalue weighted by molar-refractivity contribution is -0.151. The molecule has 8 heteroatoms. The van der Waals surface area contributed by atoms with Crippen LogP contribution in [0.4, 0.5) is 4.39 Å². The fraction of sp³-hybridized carbons (Fsp3) is 0.533. The molecule has 1 aromatic rings. The fourth-order valence-corrected chi connectivity index (χ4v) is 4.34. The third kappa shape index (κ3) is 4.07. The zero-order valence-corrected chi connectivity index (χ0v) is 13.7. The number of hydrogen-bond donors (Lipinski definition) is 1. The molecule has 0 spiro atoms. The number of methoxy groups -OCH3 is 1. The highest BCUT2D eigenvalue weighted by atomic mass is 32.2. The van der Waals surface area contributed by atoms with Crippen LogP contribution in [0.2, 0.25) is 0 Å². The number of nitrogens with zero attached hydrogens (tertiary/aromatic N) is 1. The third-order valence-electron chi connectivity index (χ3n) is 4.12. The van der Waals surface area contributed by atoms with Gasteiger partial charge in [0.1, 0.15) is 11.2 Å². The Morgan fingerprint density at radius 1 is 1.48 bits per heavy atom. The van der Waals surface area contributed by atoms with Gasteiger partial charge in [-0.1, -0.05) is 12.1 Å². The van der Waals surface area contributed by atoms with E-state index in [0.29, 0.717) is 5.56 Å². The second kappa shape index (κ2) is 6.94. The number of aryl methyl sites for hydroxylation is 1.